The Balaban J connectivity index is 2.06. The summed E-state index contributed by atoms with van der Waals surface area (Å²) in [6, 6.07) is 2.97. The van der Waals surface area contributed by atoms with Crippen LogP contribution in [0.15, 0.2) is 6.07 Å². The van der Waals surface area contributed by atoms with Crippen LogP contribution >= 0.6 is 22.9 Å². The van der Waals surface area contributed by atoms with Gasteiger partial charge in [-0.05, 0) is 37.8 Å². The molecule has 0 saturated carbocycles. The number of nitrogens with one attached hydrogen (secondary N) is 1. The highest BCUT2D eigenvalue weighted by atomic mass is 35.5. The van der Waals surface area contributed by atoms with Crippen molar-refractivity contribution >= 4 is 22.9 Å². The molecule has 0 aromatic carbocycles. The zero-order valence-corrected chi connectivity index (χ0v) is 11.3. The molecule has 1 aromatic heterocycles. The van der Waals surface area contributed by atoms with Gasteiger partial charge in [0.1, 0.15) is 0 Å². The third kappa shape index (κ3) is 2.77. The van der Waals surface area contributed by atoms with Crippen LogP contribution in [-0.2, 0) is 11.2 Å². The lowest BCUT2D eigenvalue weighted by Gasteiger charge is -2.26. The van der Waals surface area contributed by atoms with Gasteiger partial charge in [-0.15, -0.1) is 11.3 Å². The minimum atomic E-state index is 0.389. The van der Waals surface area contributed by atoms with E-state index in [1.165, 1.54) is 29.7 Å². The first-order chi connectivity index (χ1) is 7.70. The molecule has 2 nitrogen and oxygen atoms in total. The summed E-state index contributed by atoms with van der Waals surface area (Å²) in [4.78, 5) is 1.46. The Kier molecular flexibility index (Phi) is 4.25. The Morgan fingerprint density at radius 3 is 3.25 bits per heavy atom. The van der Waals surface area contributed by atoms with Crippen LogP contribution in [0.2, 0.25) is 4.34 Å². The zero-order valence-electron chi connectivity index (χ0n) is 9.75. The van der Waals surface area contributed by atoms with Crippen molar-refractivity contribution in [2.75, 3.05) is 13.7 Å². The molecule has 1 aliphatic carbocycles. The lowest BCUT2D eigenvalue weighted by atomic mass is 9.93. The Morgan fingerprint density at radius 1 is 1.69 bits per heavy atom. The first-order valence-electron chi connectivity index (χ1n) is 5.73. The van der Waals surface area contributed by atoms with Crippen molar-refractivity contribution in [3.8, 4) is 0 Å². The van der Waals surface area contributed by atoms with Gasteiger partial charge >= 0.3 is 0 Å². The van der Waals surface area contributed by atoms with E-state index in [9.17, 15) is 0 Å². The molecule has 90 valence electrons. The third-order valence-electron chi connectivity index (χ3n) is 2.99. The molecule has 1 heterocycles. The molecule has 1 aliphatic rings. The number of methoxy groups -OCH3 is 1. The fourth-order valence-corrected chi connectivity index (χ4v) is 3.72. The Hall–Kier alpha value is -0.0900. The molecule has 1 N–H and O–H groups in total. The van der Waals surface area contributed by atoms with Crippen molar-refractivity contribution in [3.05, 3.63) is 20.8 Å². The van der Waals surface area contributed by atoms with Crippen molar-refractivity contribution in [2.24, 2.45) is 0 Å². The molecule has 2 unspecified atom stereocenters. The second-order valence-electron chi connectivity index (χ2n) is 4.40. The van der Waals surface area contributed by atoms with Gasteiger partial charge in [-0.3, -0.25) is 0 Å². The van der Waals surface area contributed by atoms with Crippen molar-refractivity contribution in [1.29, 1.82) is 0 Å². The number of thiophene rings is 1. The van der Waals surface area contributed by atoms with E-state index in [-0.39, 0.29) is 0 Å². The highest BCUT2D eigenvalue weighted by Crippen LogP contribution is 2.37. The van der Waals surface area contributed by atoms with E-state index in [1.54, 1.807) is 18.4 Å². The van der Waals surface area contributed by atoms with Gasteiger partial charge in [0.05, 0.1) is 10.9 Å². The molecule has 0 radical (unpaired) electrons. The molecule has 16 heavy (non-hydrogen) atoms. The molecular weight excluding hydrogens is 242 g/mol. The molecule has 4 heteroatoms. The fourth-order valence-electron chi connectivity index (χ4n) is 2.34. The summed E-state index contributed by atoms with van der Waals surface area (Å²) in [7, 11) is 1.74. The van der Waals surface area contributed by atoms with E-state index in [0.29, 0.717) is 12.1 Å². The Morgan fingerprint density at radius 2 is 2.50 bits per heavy atom. The van der Waals surface area contributed by atoms with Gasteiger partial charge in [-0.1, -0.05) is 11.6 Å². The summed E-state index contributed by atoms with van der Waals surface area (Å²) in [5.74, 6) is 0. The van der Waals surface area contributed by atoms with Gasteiger partial charge in [0.15, 0.2) is 0 Å². The largest absolute Gasteiger partial charge is 0.383 e. The number of rotatable bonds is 4. The van der Waals surface area contributed by atoms with Crippen LogP contribution in [0.4, 0.5) is 0 Å². The number of fused-ring (bicyclic) bond motifs is 1. The molecule has 0 bridgehead atoms. The SMILES string of the molecule is COCC(C)NC1CCCc2sc(Cl)cc21. The summed E-state index contributed by atoms with van der Waals surface area (Å²) >= 11 is 7.81. The predicted molar refractivity (Wildman–Crippen MR) is 69.5 cm³/mol. The van der Waals surface area contributed by atoms with E-state index < -0.39 is 0 Å². The van der Waals surface area contributed by atoms with Crippen LogP contribution in [0.25, 0.3) is 0 Å². The monoisotopic (exact) mass is 259 g/mol. The van der Waals surface area contributed by atoms with Gasteiger partial charge in [-0.2, -0.15) is 0 Å². The maximum atomic E-state index is 6.08. The average Bonchev–Trinajstić information content (AvgIpc) is 2.60. The lowest BCUT2D eigenvalue weighted by Crippen LogP contribution is -2.35. The third-order valence-corrected chi connectivity index (χ3v) is 4.33. The Labute approximate surface area is 106 Å². The molecule has 0 fully saturated rings. The summed E-state index contributed by atoms with van der Waals surface area (Å²) < 4.78 is 6.07. The minimum Gasteiger partial charge on any atom is -0.383 e. The average molecular weight is 260 g/mol. The zero-order chi connectivity index (χ0) is 11.5. The number of aryl methyl sites for hydroxylation is 1. The van der Waals surface area contributed by atoms with Gasteiger partial charge in [-0.25, -0.2) is 0 Å². The van der Waals surface area contributed by atoms with Crippen molar-refractivity contribution in [1.82, 2.24) is 5.32 Å². The van der Waals surface area contributed by atoms with Gasteiger partial charge in [0.25, 0.3) is 0 Å². The van der Waals surface area contributed by atoms with E-state index in [1.807, 2.05) is 0 Å². The van der Waals surface area contributed by atoms with Crippen LogP contribution in [0.1, 0.15) is 36.2 Å². The molecule has 1 aromatic rings. The molecule has 0 spiro atoms. The van der Waals surface area contributed by atoms with Gasteiger partial charge in [0, 0.05) is 24.1 Å². The molecule has 0 amide bonds. The number of hydrogen-bond acceptors (Lipinski definition) is 3. The van der Waals surface area contributed by atoms with Gasteiger partial charge < -0.3 is 10.1 Å². The van der Waals surface area contributed by atoms with E-state index >= 15 is 0 Å². The van der Waals surface area contributed by atoms with E-state index in [4.69, 9.17) is 16.3 Å². The summed E-state index contributed by atoms with van der Waals surface area (Å²) in [5, 5.41) is 3.61. The topological polar surface area (TPSA) is 21.3 Å². The van der Waals surface area contributed by atoms with E-state index in [2.05, 4.69) is 18.3 Å². The molecule has 2 rings (SSSR count). The standard InChI is InChI=1S/C12H18ClNOS/c1-8(7-15-2)14-10-4-3-5-11-9(10)6-12(13)16-11/h6,8,10,14H,3-5,7H2,1-2H3. The maximum Gasteiger partial charge on any atom is 0.0934 e. The lowest BCUT2D eigenvalue weighted by molar-refractivity contribution is 0.165. The van der Waals surface area contributed by atoms with Crippen LogP contribution in [-0.4, -0.2) is 19.8 Å². The highest BCUT2D eigenvalue weighted by molar-refractivity contribution is 7.16. The first kappa shape index (κ1) is 12.4. The molecule has 0 saturated heterocycles. The minimum absolute atomic E-state index is 0.389. The quantitative estimate of drug-likeness (QED) is 0.895. The van der Waals surface area contributed by atoms with Crippen molar-refractivity contribution < 1.29 is 4.74 Å². The van der Waals surface area contributed by atoms with Crippen LogP contribution < -0.4 is 5.32 Å². The second kappa shape index (κ2) is 5.50. The smallest absolute Gasteiger partial charge is 0.0934 e. The first-order valence-corrected chi connectivity index (χ1v) is 6.93. The molecule has 2 atom stereocenters. The number of ether oxygens (including phenoxy) is 1. The number of halogens is 1. The Bertz CT molecular complexity index is 353. The molecular formula is C12H18ClNOS. The predicted octanol–water partition coefficient (Wildman–Crippen LogP) is 3.40. The highest BCUT2D eigenvalue weighted by Gasteiger charge is 2.23. The number of hydrogen-bond donors (Lipinski definition) is 1. The summed E-state index contributed by atoms with van der Waals surface area (Å²) in [6.07, 6.45) is 3.64. The summed E-state index contributed by atoms with van der Waals surface area (Å²) in [5.41, 5.74) is 1.41. The van der Waals surface area contributed by atoms with Crippen LogP contribution in [0.5, 0.6) is 0 Å². The normalized spacial score (nSPS) is 21.8. The maximum absolute atomic E-state index is 6.08. The second-order valence-corrected chi connectivity index (χ2v) is 6.16. The van der Waals surface area contributed by atoms with Crippen LogP contribution in [0, 0.1) is 0 Å². The van der Waals surface area contributed by atoms with Crippen LogP contribution in [0.3, 0.4) is 0 Å². The summed E-state index contributed by atoms with van der Waals surface area (Å²) in [6.45, 7) is 2.91. The van der Waals surface area contributed by atoms with Crippen molar-refractivity contribution in [3.63, 3.8) is 0 Å². The van der Waals surface area contributed by atoms with Crippen molar-refractivity contribution in [2.45, 2.75) is 38.3 Å². The molecule has 0 aliphatic heterocycles. The fraction of sp³-hybridized carbons (Fsp3) is 0.667. The van der Waals surface area contributed by atoms with E-state index in [0.717, 1.165) is 10.9 Å². The van der Waals surface area contributed by atoms with Gasteiger partial charge in [0.2, 0.25) is 0 Å².